The second-order valence-electron chi connectivity index (χ2n) is 1.50. The topological polar surface area (TPSA) is 33.1 Å². The van der Waals surface area contributed by atoms with E-state index in [9.17, 15) is 4.39 Å². The van der Waals surface area contributed by atoms with Crippen molar-refractivity contribution in [2.24, 2.45) is 0 Å². The number of hydrogen-bond donors (Lipinski definition) is 1. The maximum atomic E-state index is 12.4. The van der Waals surface area contributed by atoms with Gasteiger partial charge in [-0.2, -0.15) is 4.39 Å². The summed E-state index contributed by atoms with van der Waals surface area (Å²) >= 11 is 0. The molecule has 1 heterocycles. The van der Waals surface area contributed by atoms with E-state index in [0.29, 0.717) is 0 Å². The van der Waals surface area contributed by atoms with E-state index in [1.54, 1.807) is 0 Å². The second-order valence-corrected chi connectivity index (χ2v) is 1.50. The molecule has 0 amide bonds. The summed E-state index contributed by atoms with van der Waals surface area (Å²) in [6.45, 7) is -2.58. The van der Waals surface area contributed by atoms with Gasteiger partial charge in [0.05, 0.1) is 5.69 Å². The summed E-state index contributed by atoms with van der Waals surface area (Å²) < 4.78 is 33.0. The summed E-state index contributed by atoms with van der Waals surface area (Å²) in [5.74, 6) is -1.43. The molecule has 0 aliphatic heterocycles. The first kappa shape index (κ1) is 3.15. The molecular formula is C6H6FNO. The van der Waals surface area contributed by atoms with Gasteiger partial charge in [0.25, 0.3) is 0 Å². The first-order chi connectivity index (χ1) is 5.41. The van der Waals surface area contributed by atoms with Gasteiger partial charge in [0, 0.05) is 4.11 Å². The molecule has 48 valence electrons. The van der Waals surface area contributed by atoms with Gasteiger partial charge in [-0.25, -0.2) is 4.98 Å². The van der Waals surface area contributed by atoms with Crippen molar-refractivity contribution < 1.29 is 13.6 Å². The fourth-order valence-electron chi connectivity index (χ4n) is 0.428. The summed E-state index contributed by atoms with van der Waals surface area (Å²) in [4.78, 5) is 3.06. The molecule has 3 heteroatoms. The van der Waals surface area contributed by atoms with Crippen LogP contribution in [0.3, 0.4) is 0 Å². The van der Waals surface area contributed by atoms with Crippen molar-refractivity contribution in [3.8, 4) is 5.75 Å². The number of aromatic nitrogens is 1. The lowest BCUT2D eigenvalue weighted by Crippen LogP contribution is -1.84. The molecule has 0 fully saturated rings. The lowest BCUT2D eigenvalue weighted by molar-refractivity contribution is 0.460. The Morgan fingerprint density at radius 3 is 3.11 bits per heavy atom. The zero-order chi connectivity index (χ0) is 9.35. The summed E-state index contributed by atoms with van der Waals surface area (Å²) in [5.41, 5.74) is -0.609. The lowest BCUT2D eigenvalue weighted by Gasteiger charge is -1.93. The minimum Gasteiger partial charge on any atom is -0.506 e. The highest BCUT2D eigenvalue weighted by atomic mass is 19.1. The van der Waals surface area contributed by atoms with Gasteiger partial charge in [-0.3, -0.25) is 0 Å². The Bertz CT molecular complexity index is 299. The third-order valence-corrected chi connectivity index (χ3v) is 0.840. The van der Waals surface area contributed by atoms with Crippen molar-refractivity contribution in [3.63, 3.8) is 0 Å². The summed E-state index contributed by atoms with van der Waals surface area (Å²) in [6.07, 6.45) is 0. The van der Waals surface area contributed by atoms with E-state index in [4.69, 9.17) is 9.22 Å². The number of halogens is 1. The van der Waals surface area contributed by atoms with Crippen LogP contribution in [0.5, 0.6) is 5.75 Å². The van der Waals surface area contributed by atoms with E-state index >= 15 is 0 Å². The van der Waals surface area contributed by atoms with E-state index in [1.807, 2.05) is 0 Å². The highest BCUT2D eigenvalue weighted by Gasteiger charge is 1.96. The molecule has 1 N–H and O–H groups in total. The third-order valence-electron chi connectivity index (χ3n) is 0.840. The van der Waals surface area contributed by atoms with Crippen LogP contribution in [0.2, 0.25) is 0 Å². The monoisotopic (exact) mass is 130 g/mol. The molecule has 0 atom stereocenters. The summed E-state index contributed by atoms with van der Waals surface area (Å²) in [5, 5.41) is 8.98. The molecule has 0 radical (unpaired) electrons. The maximum absolute atomic E-state index is 12.4. The molecule has 0 aromatic carbocycles. The highest BCUT2D eigenvalue weighted by molar-refractivity contribution is 5.23. The van der Waals surface area contributed by atoms with Crippen molar-refractivity contribution in [1.29, 1.82) is 0 Å². The molecule has 0 aliphatic carbocycles. The fraction of sp³-hybridized carbons (Fsp3) is 0.167. The molecule has 0 bridgehead atoms. The van der Waals surface area contributed by atoms with Crippen LogP contribution in [0.4, 0.5) is 4.39 Å². The van der Waals surface area contributed by atoms with E-state index in [1.165, 1.54) is 0 Å². The number of aryl methyl sites for hydroxylation is 1. The van der Waals surface area contributed by atoms with E-state index in [-0.39, 0.29) is 0 Å². The maximum Gasteiger partial charge on any atom is 0.213 e. The molecular weight excluding hydrogens is 121 g/mol. The van der Waals surface area contributed by atoms with Crippen LogP contribution in [-0.2, 0) is 0 Å². The molecule has 0 saturated carbocycles. The predicted molar refractivity (Wildman–Crippen MR) is 30.6 cm³/mol. The van der Waals surface area contributed by atoms with Crippen molar-refractivity contribution in [2.45, 2.75) is 6.85 Å². The van der Waals surface area contributed by atoms with Gasteiger partial charge < -0.3 is 5.11 Å². The summed E-state index contributed by atoms with van der Waals surface area (Å²) in [6, 6.07) is 1.86. The van der Waals surface area contributed by atoms with Gasteiger partial charge in [0.1, 0.15) is 5.75 Å². The molecule has 0 unspecified atom stereocenters. The minimum atomic E-state index is -2.58. The Kier molecular flexibility index (Phi) is 0.704. The van der Waals surface area contributed by atoms with E-state index in [2.05, 4.69) is 4.98 Å². The Balaban J connectivity index is 3.23. The number of hydrogen-bond acceptors (Lipinski definition) is 2. The average molecular weight is 130 g/mol. The Morgan fingerprint density at radius 2 is 2.56 bits per heavy atom. The van der Waals surface area contributed by atoms with Gasteiger partial charge in [-0.15, -0.1) is 0 Å². The van der Waals surface area contributed by atoms with Gasteiger partial charge in [-0.05, 0) is 19.0 Å². The van der Waals surface area contributed by atoms with Crippen molar-refractivity contribution >= 4 is 0 Å². The van der Waals surface area contributed by atoms with Crippen molar-refractivity contribution in [3.05, 3.63) is 23.8 Å². The number of aromatic hydroxyl groups is 1. The number of pyridine rings is 1. The zero-order valence-corrected chi connectivity index (χ0v) is 4.43. The third kappa shape index (κ3) is 1.16. The van der Waals surface area contributed by atoms with Crippen LogP contribution in [0.1, 0.15) is 9.81 Å². The second kappa shape index (κ2) is 2.01. The first-order valence-electron chi connectivity index (χ1n) is 3.77. The van der Waals surface area contributed by atoms with Gasteiger partial charge in [0.15, 0.2) is 0 Å². The average Bonchev–Trinajstić information content (AvgIpc) is 1.92. The molecule has 2 nitrogen and oxygen atoms in total. The van der Waals surface area contributed by atoms with Crippen LogP contribution in [0, 0.1) is 12.8 Å². The van der Waals surface area contributed by atoms with Crippen LogP contribution in [0.25, 0.3) is 0 Å². The molecule has 0 saturated heterocycles. The van der Waals surface area contributed by atoms with Crippen molar-refractivity contribution in [1.82, 2.24) is 4.98 Å². The van der Waals surface area contributed by atoms with Crippen LogP contribution in [0.15, 0.2) is 12.1 Å². The smallest absolute Gasteiger partial charge is 0.213 e. The molecule has 1 aromatic rings. The molecule has 1 aromatic heterocycles. The fourth-order valence-corrected chi connectivity index (χ4v) is 0.428. The largest absolute Gasteiger partial charge is 0.506 e. The molecule has 0 spiro atoms. The first-order valence-corrected chi connectivity index (χ1v) is 2.27. The molecule has 1 rings (SSSR count). The normalized spacial score (nSPS) is 15.9. The van der Waals surface area contributed by atoms with Gasteiger partial charge in [-0.1, -0.05) is 0 Å². The predicted octanol–water partition coefficient (Wildman–Crippen LogP) is 1.23. The minimum absolute atomic E-state index is 0.517. The number of nitrogens with zero attached hydrogens (tertiary/aromatic N) is 1. The summed E-state index contributed by atoms with van der Waals surface area (Å²) in [7, 11) is 0. The van der Waals surface area contributed by atoms with Gasteiger partial charge >= 0.3 is 0 Å². The zero-order valence-electron chi connectivity index (χ0n) is 7.43. The van der Waals surface area contributed by atoms with E-state index < -0.39 is 24.2 Å². The van der Waals surface area contributed by atoms with Crippen LogP contribution >= 0.6 is 0 Å². The Hall–Kier alpha value is -1.12. The van der Waals surface area contributed by atoms with Crippen LogP contribution < -0.4 is 0 Å². The van der Waals surface area contributed by atoms with E-state index in [0.717, 1.165) is 12.1 Å². The van der Waals surface area contributed by atoms with Crippen LogP contribution in [-0.4, -0.2) is 10.1 Å². The standard InChI is InChI=1S/C6H6FNO/c1-4-5(9)2-3-6(7)8-4/h2-3,9H,1H3/i1D3. The Labute approximate surface area is 56.2 Å². The highest BCUT2D eigenvalue weighted by Crippen LogP contribution is 2.11. The SMILES string of the molecule is [2H]C([2H])([2H])c1nc(F)ccc1O. The molecule has 0 aliphatic rings. The quantitative estimate of drug-likeness (QED) is 0.536. The lowest BCUT2D eigenvalue weighted by atomic mass is 10.3. The number of rotatable bonds is 0. The van der Waals surface area contributed by atoms with Crippen molar-refractivity contribution in [2.75, 3.05) is 0 Å². The molecule has 9 heavy (non-hydrogen) atoms. The van der Waals surface area contributed by atoms with Gasteiger partial charge in [0.2, 0.25) is 5.95 Å². The Morgan fingerprint density at radius 1 is 1.78 bits per heavy atom.